The zero-order valence-corrected chi connectivity index (χ0v) is 8.29. The highest BCUT2D eigenvalue weighted by atomic mass is 16.5. The van der Waals surface area contributed by atoms with E-state index in [0.29, 0.717) is 0 Å². The third-order valence-electron chi connectivity index (χ3n) is 1.66. The number of rotatable bonds is 4. The van der Waals surface area contributed by atoms with Crippen molar-refractivity contribution in [2.24, 2.45) is 0 Å². The van der Waals surface area contributed by atoms with E-state index in [1.165, 1.54) is 21.1 Å². The van der Waals surface area contributed by atoms with Crippen molar-refractivity contribution in [2.45, 2.75) is 26.0 Å². The molecule has 0 saturated heterocycles. The summed E-state index contributed by atoms with van der Waals surface area (Å²) in [6.07, 6.45) is -0.406. The molecule has 5 nitrogen and oxygen atoms in total. The molecule has 2 unspecified atom stereocenters. The smallest absolute Gasteiger partial charge is 0.331 e. The Balaban J connectivity index is 4.35. The van der Waals surface area contributed by atoms with Crippen LogP contribution >= 0.6 is 0 Å². The highest BCUT2D eigenvalue weighted by Crippen LogP contribution is 1.99. The first-order chi connectivity index (χ1) is 6.02. The van der Waals surface area contributed by atoms with Crippen LogP contribution in [0.2, 0.25) is 0 Å². The van der Waals surface area contributed by atoms with Crippen LogP contribution in [0.25, 0.3) is 0 Å². The molecule has 0 rings (SSSR count). The van der Waals surface area contributed by atoms with Crippen LogP contribution in [0.4, 0.5) is 0 Å². The normalized spacial score (nSPS) is 14.5. The van der Waals surface area contributed by atoms with E-state index in [9.17, 15) is 9.59 Å². The molecule has 76 valence electrons. The second kappa shape index (κ2) is 5.53. The van der Waals surface area contributed by atoms with Crippen molar-refractivity contribution in [3.63, 3.8) is 0 Å². The summed E-state index contributed by atoms with van der Waals surface area (Å²) >= 11 is 0. The van der Waals surface area contributed by atoms with Crippen LogP contribution in [0, 0.1) is 0 Å². The SMILES string of the molecule is COC(=O)C(NC(C)=O)C(C)OC. The molecule has 0 aliphatic carbocycles. The number of methoxy groups -OCH3 is 2. The molecule has 0 radical (unpaired) electrons. The molecule has 0 aromatic rings. The van der Waals surface area contributed by atoms with Crippen molar-refractivity contribution < 1.29 is 19.1 Å². The lowest BCUT2D eigenvalue weighted by Gasteiger charge is -2.20. The van der Waals surface area contributed by atoms with Gasteiger partial charge in [-0.05, 0) is 6.92 Å². The van der Waals surface area contributed by atoms with Gasteiger partial charge in [-0.15, -0.1) is 0 Å². The predicted octanol–water partition coefficient (Wildman–Crippen LogP) is -0.301. The van der Waals surface area contributed by atoms with E-state index in [1.807, 2.05) is 0 Å². The molecule has 5 heteroatoms. The van der Waals surface area contributed by atoms with Crippen LogP contribution in [0.1, 0.15) is 13.8 Å². The molecule has 0 aliphatic heterocycles. The number of esters is 1. The monoisotopic (exact) mass is 189 g/mol. The zero-order chi connectivity index (χ0) is 10.4. The fraction of sp³-hybridized carbons (Fsp3) is 0.750. The van der Waals surface area contributed by atoms with Crippen LogP contribution < -0.4 is 5.32 Å². The van der Waals surface area contributed by atoms with Crippen molar-refractivity contribution in [1.82, 2.24) is 5.32 Å². The first kappa shape index (κ1) is 11.9. The maximum absolute atomic E-state index is 11.1. The quantitative estimate of drug-likeness (QED) is 0.616. The van der Waals surface area contributed by atoms with E-state index in [4.69, 9.17) is 4.74 Å². The predicted molar refractivity (Wildman–Crippen MR) is 46.1 cm³/mol. The summed E-state index contributed by atoms with van der Waals surface area (Å²) in [6.45, 7) is 3.01. The number of nitrogens with one attached hydrogen (secondary N) is 1. The molecule has 0 saturated carbocycles. The summed E-state index contributed by atoms with van der Waals surface area (Å²) in [4.78, 5) is 21.9. The summed E-state index contributed by atoms with van der Waals surface area (Å²) in [5.41, 5.74) is 0. The van der Waals surface area contributed by atoms with E-state index in [1.54, 1.807) is 6.92 Å². The number of ether oxygens (including phenoxy) is 2. The molecule has 0 aliphatic rings. The first-order valence-electron chi connectivity index (χ1n) is 3.90. The lowest BCUT2D eigenvalue weighted by atomic mass is 10.2. The molecular formula is C8H15NO4. The Labute approximate surface area is 77.4 Å². The third-order valence-corrected chi connectivity index (χ3v) is 1.66. The number of hydrogen-bond donors (Lipinski definition) is 1. The fourth-order valence-electron chi connectivity index (χ4n) is 0.850. The minimum atomic E-state index is -0.743. The molecule has 0 aromatic carbocycles. The molecule has 1 N–H and O–H groups in total. The van der Waals surface area contributed by atoms with E-state index in [2.05, 4.69) is 10.1 Å². The lowest BCUT2D eigenvalue weighted by Crippen LogP contribution is -2.48. The Bertz CT molecular complexity index is 193. The van der Waals surface area contributed by atoms with Gasteiger partial charge in [0, 0.05) is 14.0 Å². The Hall–Kier alpha value is -1.10. The Kier molecular flexibility index (Phi) is 5.06. The zero-order valence-electron chi connectivity index (χ0n) is 8.29. The largest absolute Gasteiger partial charge is 0.467 e. The molecule has 13 heavy (non-hydrogen) atoms. The van der Waals surface area contributed by atoms with E-state index < -0.39 is 18.1 Å². The van der Waals surface area contributed by atoms with Crippen LogP contribution in [-0.2, 0) is 19.1 Å². The summed E-state index contributed by atoms with van der Waals surface area (Å²) in [5, 5.41) is 2.44. The van der Waals surface area contributed by atoms with Crippen LogP contribution in [0.15, 0.2) is 0 Å². The minimum absolute atomic E-state index is 0.292. The molecule has 0 fully saturated rings. The topological polar surface area (TPSA) is 64.6 Å². The molecule has 0 spiro atoms. The average Bonchev–Trinajstić information content (AvgIpc) is 2.11. The highest BCUT2D eigenvalue weighted by molar-refractivity contribution is 5.83. The molecular weight excluding hydrogens is 174 g/mol. The molecule has 1 amide bonds. The van der Waals surface area contributed by atoms with Gasteiger partial charge in [0.15, 0.2) is 6.04 Å². The molecule has 0 aromatic heterocycles. The van der Waals surface area contributed by atoms with Crippen molar-refractivity contribution in [3.8, 4) is 0 Å². The summed E-state index contributed by atoms with van der Waals surface area (Å²) in [7, 11) is 2.72. The van der Waals surface area contributed by atoms with Crippen molar-refractivity contribution in [1.29, 1.82) is 0 Å². The second-order valence-electron chi connectivity index (χ2n) is 2.64. The lowest BCUT2D eigenvalue weighted by molar-refractivity contribution is -0.148. The Morgan fingerprint density at radius 1 is 1.31 bits per heavy atom. The average molecular weight is 189 g/mol. The van der Waals surface area contributed by atoms with E-state index in [-0.39, 0.29) is 5.91 Å². The number of hydrogen-bond acceptors (Lipinski definition) is 4. The van der Waals surface area contributed by atoms with E-state index in [0.717, 1.165) is 0 Å². The van der Waals surface area contributed by atoms with Crippen molar-refractivity contribution >= 4 is 11.9 Å². The van der Waals surface area contributed by atoms with Crippen molar-refractivity contribution in [3.05, 3.63) is 0 Å². The summed E-state index contributed by atoms with van der Waals surface area (Å²) in [6, 6.07) is -0.743. The summed E-state index contributed by atoms with van der Waals surface area (Å²) in [5.74, 6) is -0.802. The molecule has 2 atom stereocenters. The van der Waals surface area contributed by atoms with Crippen LogP contribution in [0.3, 0.4) is 0 Å². The van der Waals surface area contributed by atoms with Gasteiger partial charge < -0.3 is 14.8 Å². The van der Waals surface area contributed by atoms with Gasteiger partial charge in [-0.3, -0.25) is 4.79 Å². The standard InChI is InChI=1S/C8H15NO4/c1-5(12-3)7(8(11)13-4)9-6(2)10/h5,7H,1-4H3,(H,9,10). The minimum Gasteiger partial charge on any atom is -0.467 e. The highest BCUT2D eigenvalue weighted by Gasteiger charge is 2.26. The van der Waals surface area contributed by atoms with Crippen molar-refractivity contribution in [2.75, 3.05) is 14.2 Å². The Morgan fingerprint density at radius 3 is 2.15 bits per heavy atom. The maximum Gasteiger partial charge on any atom is 0.331 e. The first-order valence-corrected chi connectivity index (χ1v) is 3.90. The fourth-order valence-corrected chi connectivity index (χ4v) is 0.850. The van der Waals surface area contributed by atoms with Gasteiger partial charge in [0.1, 0.15) is 0 Å². The number of carbonyl (C=O) groups excluding carboxylic acids is 2. The summed E-state index contributed by atoms with van der Waals surface area (Å²) < 4.78 is 9.42. The van der Waals surface area contributed by atoms with Gasteiger partial charge in [0.25, 0.3) is 0 Å². The third kappa shape index (κ3) is 3.89. The number of amides is 1. The van der Waals surface area contributed by atoms with Gasteiger partial charge in [0.2, 0.25) is 5.91 Å². The van der Waals surface area contributed by atoms with E-state index >= 15 is 0 Å². The molecule has 0 bridgehead atoms. The molecule has 0 heterocycles. The van der Waals surface area contributed by atoms with Gasteiger partial charge in [-0.25, -0.2) is 4.79 Å². The van der Waals surface area contributed by atoms with Crippen LogP contribution in [0.5, 0.6) is 0 Å². The maximum atomic E-state index is 11.1. The van der Waals surface area contributed by atoms with Gasteiger partial charge in [-0.1, -0.05) is 0 Å². The Morgan fingerprint density at radius 2 is 1.85 bits per heavy atom. The second-order valence-corrected chi connectivity index (χ2v) is 2.64. The van der Waals surface area contributed by atoms with Gasteiger partial charge >= 0.3 is 5.97 Å². The number of carbonyl (C=O) groups is 2. The van der Waals surface area contributed by atoms with Crippen LogP contribution in [-0.4, -0.2) is 38.2 Å². The van der Waals surface area contributed by atoms with Gasteiger partial charge in [0.05, 0.1) is 13.2 Å². The van der Waals surface area contributed by atoms with Gasteiger partial charge in [-0.2, -0.15) is 0 Å².